The fourth-order valence-electron chi connectivity index (χ4n) is 2.50. The third kappa shape index (κ3) is 2.28. The number of hydrogen-bond donors (Lipinski definition) is 1. The van der Waals surface area contributed by atoms with E-state index >= 15 is 0 Å². The molecule has 0 aliphatic rings. The van der Waals surface area contributed by atoms with Gasteiger partial charge in [0.25, 0.3) is 0 Å². The molecule has 1 aromatic carbocycles. The molecule has 0 aliphatic heterocycles. The maximum atomic E-state index is 6.46. The van der Waals surface area contributed by atoms with Crippen LogP contribution in [0.4, 0.5) is 0 Å². The summed E-state index contributed by atoms with van der Waals surface area (Å²) >= 11 is 0. The van der Waals surface area contributed by atoms with Gasteiger partial charge in [0.1, 0.15) is 11.3 Å². The van der Waals surface area contributed by atoms with E-state index in [2.05, 4.69) is 58.0 Å². The fourth-order valence-corrected chi connectivity index (χ4v) is 2.50. The van der Waals surface area contributed by atoms with Gasteiger partial charge in [0.15, 0.2) is 0 Å². The molecule has 1 aromatic heterocycles. The molecule has 2 aromatic rings. The average Bonchev–Trinajstić information content (AvgIpc) is 2.82. The third-order valence-corrected chi connectivity index (χ3v) is 4.47. The van der Waals surface area contributed by atoms with Crippen molar-refractivity contribution in [3.63, 3.8) is 0 Å². The molecular weight excluding hydrogens is 236 g/mol. The summed E-state index contributed by atoms with van der Waals surface area (Å²) in [6, 6.07) is 8.12. The number of benzene rings is 1. The van der Waals surface area contributed by atoms with E-state index < -0.39 is 0 Å². The molecule has 2 atom stereocenters. The lowest BCUT2D eigenvalue weighted by Gasteiger charge is -2.39. The van der Waals surface area contributed by atoms with E-state index in [0.29, 0.717) is 0 Å². The molecule has 104 valence electrons. The Morgan fingerprint density at radius 3 is 2.58 bits per heavy atom. The molecule has 0 aliphatic carbocycles. The summed E-state index contributed by atoms with van der Waals surface area (Å²) in [5.41, 5.74) is 8.46. The van der Waals surface area contributed by atoms with Crippen molar-refractivity contribution < 1.29 is 4.42 Å². The van der Waals surface area contributed by atoms with E-state index in [-0.39, 0.29) is 11.6 Å². The highest BCUT2D eigenvalue weighted by Crippen LogP contribution is 2.34. The summed E-state index contributed by atoms with van der Waals surface area (Å²) in [5, 5.41) is 1.13. The van der Waals surface area contributed by atoms with Gasteiger partial charge in [-0.25, -0.2) is 0 Å². The Morgan fingerprint density at radius 1 is 1.37 bits per heavy atom. The van der Waals surface area contributed by atoms with Crippen molar-refractivity contribution in [1.82, 2.24) is 4.90 Å². The molecule has 19 heavy (non-hydrogen) atoms. The van der Waals surface area contributed by atoms with Crippen molar-refractivity contribution in [3.05, 3.63) is 35.6 Å². The van der Waals surface area contributed by atoms with Gasteiger partial charge in [0.2, 0.25) is 0 Å². The van der Waals surface area contributed by atoms with Crippen LogP contribution >= 0.6 is 0 Å². The molecule has 2 rings (SSSR count). The number of likely N-dealkylation sites (N-methyl/N-ethyl adjacent to an activating group) is 1. The lowest BCUT2D eigenvalue weighted by Crippen LogP contribution is -2.49. The van der Waals surface area contributed by atoms with Gasteiger partial charge < -0.3 is 15.1 Å². The van der Waals surface area contributed by atoms with Crippen LogP contribution in [-0.4, -0.2) is 24.5 Å². The number of hydrogen-bond acceptors (Lipinski definition) is 3. The van der Waals surface area contributed by atoms with Crippen LogP contribution in [0.15, 0.2) is 28.7 Å². The monoisotopic (exact) mass is 260 g/mol. The SMILES string of the molecule is CCC(C)(C(N)c1cc2cccc(C)c2o1)N(C)C. The number of fused-ring (bicyclic) bond motifs is 1. The van der Waals surface area contributed by atoms with E-state index in [4.69, 9.17) is 10.2 Å². The summed E-state index contributed by atoms with van der Waals surface area (Å²) in [7, 11) is 4.13. The van der Waals surface area contributed by atoms with Crippen LogP contribution in [0.5, 0.6) is 0 Å². The minimum Gasteiger partial charge on any atom is -0.459 e. The molecular formula is C16H24N2O. The zero-order valence-electron chi connectivity index (χ0n) is 12.5. The normalized spacial score (nSPS) is 16.8. The van der Waals surface area contributed by atoms with Gasteiger partial charge in [-0.2, -0.15) is 0 Å². The second-order valence-corrected chi connectivity index (χ2v) is 5.72. The molecule has 0 amide bonds. The second kappa shape index (κ2) is 4.99. The number of aryl methyl sites for hydroxylation is 1. The van der Waals surface area contributed by atoms with Gasteiger partial charge in [-0.15, -0.1) is 0 Å². The van der Waals surface area contributed by atoms with Crippen molar-refractivity contribution in [2.45, 2.75) is 38.8 Å². The molecule has 0 radical (unpaired) electrons. The van der Waals surface area contributed by atoms with Crippen LogP contribution < -0.4 is 5.73 Å². The minimum absolute atomic E-state index is 0.109. The number of furan rings is 1. The summed E-state index contributed by atoms with van der Waals surface area (Å²) in [6.07, 6.45) is 0.969. The van der Waals surface area contributed by atoms with Gasteiger partial charge >= 0.3 is 0 Å². The van der Waals surface area contributed by atoms with Crippen LogP contribution in [0.25, 0.3) is 11.0 Å². The molecule has 0 bridgehead atoms. The molecule has 3 nitrogen and oxygen atoms in total. The number of rotatable bonds is 4. The highest BCUT2D eigenvalue weighted by atomic mass is 16.3. The molecule has 0 saturated heterocycles. The lowest BCUT2D eigenvalue weighted by atomic mass is 9.87. The van der Waals surface area contributed by atoms with Crippen molar-refractivity contribution >= 4 is 11.0 Å². The first kappa shape index (κ1) is 14.1. The van der Waals surface area contributed by atoms with Gasteiger partial charge in [-0.05, 0) is 46.0 Å². The van der Waals surface area contributed by atoms with E-state index in [1.807, 2.05) is 6.07 Å². The maximum Gasteiger partial charge on any atom is 0.137 e. The topological polar surface area (TPSA) is 42.4 Å². The van der Waals surface area contributed by atoms with Crippen molar-refractivity contribution in [2.75, 3.05) is 14.1 Å². The zero-order chi connectivity index (χ0) is 14.2. The maximum absolute atomic E-state index is 6.46. The highest BCUT2D eigenvalue weighted by molar-refractivity contribution is 5.81. The average molecular weight is 260 g/mol. The largest absolute Gasteiger partial charge is 0.459 e. The first-order chi connectivity index (χ1) is 8.90. The van der Waals surface area contributed by atoms with E-state index in [0.717, 1.165) is 28.7 Å². The van der Waals surface area contributed by atoms with Crippen LogP contribution in [0.3, 0.4) is 0 Å². The summed E-state index contributed by atoms with van der Waals surface area (Å²) in [4.78, 5) is 2.18. The minimum atomic E-state index is -0.140. The third-order valence-electron chi connectivity index (χ3n) is 4.47. The molecule has 0 fully saturated rings. The Bertz CT molecular complexity index is 573. The first-order valence-electron chi connectivity index (χ1n) is 6.82. The molecule has 3 heteroatoms. The van der Waals surface area contributed by atoms with Crippen molar-refractivity contribution in [3.8, 4) is 0 Å². The molecule has 2 unspecified atom stereocenters. The predicted octanol–water partition coefficient (Wildman–Crippen LogP) is 3.47. The van der Waals surface area contributed by atoms with Gasteiger partial charge in [-0.3, -0.25) is 0 Å². The summed E-state index contributed by atoms with van der Waals surface area (Å²) in [6.45, 7) is 6.40. The van der Waals surface area contributed by atoms with Crippen LogP contribution in [-0.2, 0) is 0 Å². The first-order valence-corrected chi connectivity index (χ1v) is 6.82. The summed E-state index contributed by atoms with van der Waals surface area (Å²) < 4.78 is 6.01. The number of para-hydroxylation sites is 1. The molecule has 0 spiro atoms. The van der Waals surface area contributed by atoms with Gasteiger partial charge in [-0.1, -0.05) is 25.1 Å². The molecule has 0 saturated carbocycles. The summed E-state index contributed by atoms with van der Waals surface area (Å²) in [5.74, 6) is 0.863. The van der Waals surface area contributed by atoms with Crippen LogP contribution in [0.1, 0.15) is 37.6 Å². The predicted molar refractivity (Wildman–Crippen MR) is 80.3 cm³/mol. The fraction of sp³-hybridized carbons (Fsp3) is 0.500. The van der Waals surface area contributed by atoms with E-state index in [1.165, 1.54) is 0 Å². The van der Waals surface area contributed by atoms with E-state index in [1.54, 1.807) is 0 Å². The smallest absolute Gasteiger partial charge is 0.137 e. The lowest BCUT2D eigenvalue weighted by molar-refractivity contribution is 0.122. The van der Waals surface area contributed by atoms with Gasteiger partial charge in [0.05, 0.1) is 6.04 Å². The Hall–Kier alpha value is -1.32. The Balaban J connectivity index is 2.47. The highest BCUT2D eigenvalue weighted by Gasteiger charge is 2.35. The second-order valence-electron chi connectivity index (χ2n) is 5.72. The Labute approximate surface area is 115 Å². The Kier molecular flexibility index (Phi) is 3.70. The number of nitrogens with two attached hydrogens (primary N) is 1. The molecule has 2 N–H and O–H groups in total. The standard InChI is InChI=1S/C16H24N2O/c1-6-16(3,18(4)5)15(17)13-10-12-9-7-8-11(2)14(12)19-13/h7-10,15H,6,17H2,1-5H3. The van der Waals surface area contributed by atoms with Crippen LogP contribution in [0.2, 0.25) is 0 Å². The van der Waals surface area contributed by atoms with Crippen molar-refractivity contribution in [2.24, 2.45) is 5.73 Å². The quantitative estimate of drug-likeness (QED) is 0.915. The number of nitrogens with zero attached hydrogens (tertiary/aromatic N) is 1. The zero-order valence-corrected chi connectivity index (χ0v) is 12.5. The van der Waals surface area contributed by atoms with E-state index in [9.17, 15) is 0 Å². The van der Waals surface area contributed by atoms with Gasteiger partial charge in [0, 0.05) is 10.9 Å². The molecule has 1 heterocycles. The van der Waals surface area contributed by atoms with Crippen molar-refractivity contribution in [1.29, 1.82) is 0 Å². The van der Waals surface area contributed by atoms with Crippen LogP contribution in [0, 0.1) is 6.92 Å². The Morgan fingerprint density at radius 2 is 2.05 bits per heavy atom.